The second kappa shape index (κ2) is 6.14. The van der Waals surface area contributed by atoms with Crippen molar-refractivity contribution in [3.63, 3.8) is 0 Å². The highest BCUT2D eigenvalue weighted by Gasteiger charge is 2.37. The van der Waals surface area contributed by atoms with Crippen molar-refractivity contribution in [3.05, 3.63) is 35.5 Å². The van der Waals surface area contributed by atoms with Crippen molar-refractivity contribution in [2.75, 3.05) is 19.3 Å². The molecule has 1 N–H and O–H groups in total. The molecule has 1 atom stereocenters. The molecule has 7 heteroatoms. The van der Waals surface area contributed by atoms with Crippen LogP contribution in [0.1, 0.15) is 30.5 Å². The minimum absolute atomic E-state index is 0.0546. The first-order valence-electron chi connectivity index (χ1n) is 8.79. The number of rotatable bonds is 2. The van der Waals surface area contributed by atoms with Crippen molar-refractivity contribution in [1.29, 1.82) is 0 Å². The van der Waals surface area contributed by atoms with Gasteiger partial charge in [0.1, 0.15) is 6.04 Å². The maximum Gasteiger partial charge on any atom is 0.241 e. The van der Waals surface area contributed by atoms with Gasteiger partial charge in [-0.15, -0.1) is 0 Å². The molecule has 1 aromatic heterocycles. The zero-order valence-electron chi connectivity index (χ0n) is 14.4. The molecule has 1 aromatic carbocycles. The fraction of sp³-hybridized carbons (Fsp3) is 0.500. The number of amides is 1. The summed E-state index contributed by atoms with van der Waals surface area (Å²) >= 11 is 0. The number of carbonyl (C=O) groups excluding carboxylic acids is 1. The fourth-order valence-electron chi connectivity index (χ4n) is 4.11. The topological polar surface area (TPSA) is 73.5 Å². The van der Waals surface area contributed by atoms with Crippen LogP contribution >= 0.6 is 0 Å². The smallest absolute Gasteiger partial charge is 0.241 e. The Balaban J connectivity index is 1.61. The average molecular weight is 361 g/mol. The first kappa shape index (κ1) is 16.6. The van der Waals surface area contributed by atoms with Crippen LogP contribution in [0.3, 0.4) is 0 Å². The lowest BCUT2D eigenvalue weighted by Gasteiger charge is -2.37. The molecule has 1 saturated heterocycles. The number of sulfonamides is 1. The van der Waals surface area contributed by atoms with Gasteiger partial charge in [-0.05, 0) is 18.9 Å². The molecule has 2 aliphatic rings. The number of nitrogens with one attached hydrogen (secondary N) is 1. The normalized spacial score (nSPS) is 22.1. The van der Waals surface area contributed by atoms with E-state index in [1.54, 1.807) is 0 Å². The van der Waals surface area contributed by atoms with E-state index >= 15 is 0 Å². The standard InChI is InChI=1S/C18H23N3O3S/c1-25(23,24)21-10-5-4-8-17(21)18(22)20-11-9-16-14(12-20)13-6-2-3-7-15(13)19-16/h2-3,6-7,17,19H,4-5,8-12H2,1H3/t17-/m1/s1. The molecule has 25 heavy (non-hydrogen) atoms. The van der Waals surface area contributed by atoms with Crippen LogP contribution in [0, 0.1) is 0 Å². The van der Waals surface area contributed by atoms with Gasteiger partial charge < -0.3 is 9.88 Å². The molecular weight excluding hydrogens is 338 g/mol. The van der Waals surface area contributed by atoms with Crippen LogP contribution in [-0.2, 0) is 27.8 Å². The van der Waals surface area contributed by atoms with E-state index in [1.165, 1.54) is 16.3 Å². The molecule has 0 bridgehead atoms. The van der Waals surface area contributed by atoms with E-state index < -0.39 is 16.1 Å². The van der Waals surface area contributed by atoms with E-state index in [0.717, 1.165) is 35.7 Å². The first-order chi connectivity index (χ1) is 11.9. The van der Waals surface area contributed by atoms with Gasteiger partial charge in [-0.1, -0.05) is 24.6 Å². The summed E-state index contributed by atoms with van der Waals surface area (Å²) in [6, 6.07) is 7.58. The second-order valence-corrected chi connectivity index (χ2v) is 8.96. The maximum atomic E-state index is 13.1. The molecule has 0 aliphatic carbocycles. The van der Waals surface area contributed by atoms with Gasteiger partial charge in [-0.2, -0.15) is 4.31 Å². The minimum Gasteiger partial charge on any atom is -0.358 e. The zero-order chi connectivity index (χ0) is 17.6. The number of nitrogens with zero attached hydrogens (tertiary/aromatic N) is 2. The Morgan fingerprint density at radius 2 is 2.00 bits per heavy atom. The van der Waals surface area contributed by atoms with Crippen LogP contribution in [-0.4, -0.2) is 53.9 Å². The number of benzene rings is 1. The molecular formula is C18H23N3O3S. The summed E-state index contributed by atoms with van der Waals surface area (Å²) in [5.41, 5.74) is 3.45. The van der Waals surface area contributed by atoms with Crippen LogP contribution in [0.2, 0.25) is 0 Å². The molecule has 0 spiro atoms. The molecule has 2 aliphatic heterocycles. The summed E-state index contributed by atoms with van der Waals surface area (Å²) < 4.78 is 25.5. The Bertz CT molecular complexity index is 919. The quantitative estimate of drug-likeness (QED) is 0.887. The summed E-state index contributed by atoms with van der Waals surface area (Å²) in [7, 11) is -3.36. The summed E-state index contributed by atoms with van der Waals surface area (Å²) in [6.07, 6.45) is 4.31. The van der Waals surface area contributed by atoms with Crippen molar-refractivity contribution in [2.45, 2.75) is 38.3 Å². The van der Waals surface area contributed by atoms with E-state index in [1.807, 2.05) is 23.1 Å². The third kappa shape index (κ3) is 2.95. The monoisotopic (exact) mass is 361 g/mol. The number of H-pyrrole nitrogens is 1. The molecule has 1 fully saturated rings. The lowest BCUT2D eigenvalue weighted by molar-refractivity contribution is -0.137. The van der Waals surface area contributed by atoms with Gasteiger partial charge in [0.15, 0.2) is 0 Å². The van der Waals surface area contributed by atoms with Gasteiger partial charge >= 0.3 is 0 Å². The predicted octanol–water partition coefficient (Wildman–Crippen LogP) is 1.87. The number of para-hydroxylation sites is 1. The van der Waals surface area contributed by atoms with Crippen molar-refractivity contribution in [2.24, 2.45) is 0 Å². The van der Waals surface area contributed by atoms with E-state index in [0.29, 0.717) is 26.1 Å². The molecule has 2 aromatic rings. The molecule has 0 unspecified atom stereocenters. The summed E-state index contributed by atoms with van der Waals surface area (Å²) in [4.78, 5) is 18.4. The largest absolute Gasteiger partial charge is 0.358 e. The summed E-state index contributed by atoms with van der Waals surface area (Å²) in [5, 5.41) is 1.15. The lowest BCUT2D eigenvalue weighted by Crippen LogP contribution is -2.53. The minimum atomic E-state index is -3.36. The lowest BCUT2D eigenvalue weighted by atomic mass is 10.0. The molecule has 0 radical (unpaired) electrons. The molecule has 3 heterocycles. The molecule has 1 amide bonds. The van der Waals surface area contributed by atoms with E-state index in [2.05, 4.69) is 11.1 Å². The first-order valence-corrected chi connectivity index (χ1v) is 10.6. The number of fused-ring (bicyclic) bond motifs is 3. The van der Waals surface area contributed by atoms with Crippen LogP contribution in [0.5, 0.6) is 0 Å². The number of carbonyl (C=O) groups is 1. The number of aromatic amines is 1. The zero-order valence-corrected chi connectivity index (χ0v) is 15.2. The average Bonchev–Trinajstić information content (AvgIpc) is 2.98. The predicted molar refractivity (Wildman–Crippen MR) is 96.6 cm³/mol. The SMILES string of the molecule is CS(=O)(=O)N1CCCC[C@@H]1C(=O)N1CCc2[nH]c3ccccc3c2C1. The highest BCUT2D eigenvalue weighted by atomic mass is 32.2. The van der Waals surface area contributed by atoms with Crippen LogP contribution < -0.4 is 0 Å². The maximum absolute atomic E-state index is 13.1. The third-order valence-electron chi connectivity index (χ3n) is 5.36. The van der Waals surface area contributed by atoms with Crippen molar-refractivity contribution in [3.8, 4) is 0 Å². The van der Waals surface area contributed by atoms with Crippen LogP contribution in [0.15, 0.2) is 24.3 Å². The van der Waals surface area contributed by atoms with E-state index in [4.69, 9.17) is 0 Å². The van der Waals surface area contributed by atoms with Gasteiger partial charge in [-0.3, -0.25) is 4.79 Å². The summed E-state index contributed by atoms with van der Waals surface area (Å²) in [6.45, 7) is 1.63. The van der Waals surface area contributed by atoms with Crippen molar-refractivity contribution >= 4 is 26.8 Å². The summed E-state index contributed by atoms with van der Waals surface area (Å²) in [5.74, 6) is -0.0546. The number of aromatic nitrogens is 1. The van der Waals surface area contributed by atoms with Gasteiger partial charge in [0.05, 0.1) is 6.26 Å². The highest BCUT2D eigenvalue weighted by Crippen LogP contribution is 2.29. The van der Waals surface area contributed by atoms with Crippen LogP contribution in [0.4, 0.5) is 0 Å². The van der Waals surface area contributed by atoms with Crippen molar-refractivity contribution < 1.29 is 13.2 Å². The van der Waals surface area contributed by atoms with E-state index in [9.17, 15) is 13.2 Å². The van der Waals surface area contributed by atoms with Crippen molar-refractivity contribution in [1.82, 2.24) is 14.2 Å². The fourth-order valence-corrected chi connectivity index (χ4v) is 5.23. The Morgan fingerprint density at radius 3 is 2.80 bits per heavy atom. The number of hydrogen-bond donors (Lipinski definition) is 1. The highest BCUT2D eigenvalue weighted by molar-refractivity contribution is 7.88. The van der Waals surface area contributed by atoms with Gasteiger partial charge in [-0.25, -0.2) is 8.42 Å². The van der Waals surface area contributed by atoms with Crippen LogP contribution in [0.25, 0.3) is 10.9 Å². The van der Waals surface area contributed by atoms with Gasteiger partial charge in [0.2, 0.25) is 15.9 Å². The van der Waals surface area contributed by atoms with E-state index in [-0.39, 0.29) is 5.91 Å². The Hall–Kier alpha value is -1.86. The Morgan fingerprint density at radius 1 is 1.20 bits per heavy atom. The van der Waals surface area contributed by atoms with Gasteiger partial charge in [0.25, 0.3) is 0 Å². The molecule has 6 nitrogen and oxygen atoms in total. The Kier molecular flexibility index (Phi) is 4.08. The number of hydrogen-bond acceptors (Lipinski definition) is 3. The second-order valence-electron chi connectivity index (χ2n) is 7.02. The molecule has 0 saturated carbocycles. The molecule has 4 rings (SSSR count). The van der Waals surface area contributed by atoms with Gasteiger partial charge in [0, 0.05) is 48.2 Å². The number of piperidine rings is 1. The molecule has 134 valence electrons. The third-order valence-corrected chi connectivity index (χ3v) is 6.65. The Labute approximate surface area is 147 Å².